The van der Waals surface area contributed by atoms with Gasteiger partial charge in [0.1, 0.15) is 5.75 Å². The Labute approximate surface area is 224 Å². The monoisotopic (exact) mass is 573 g/mol. The number of hydrogen-bond donors (Lipinski definition) is 2. The van der Waals surface area contributed by atoms with E-state index < -0.39 is 41.0 Å². The molecule has 0 atom stereocenters. The van der Waals surface area contributed by atoms with Gasteiger partial charge < -0.3 is 15.4 Å². The second-order valence-corrected chi connectivity index (χ2v) is 8.63. The maximum atomic E-state index is 13.1. The number of alkyl halides is 6. The molecule has 0 radical (unpaired) electrons. The van der Waals surface area contributed by atoms with Crippen molar-refractivity contribution in [1.29, 1.82) is 0 Å². The van der Waals surface area contributed by atoms with Crippen LogP contribution >= 0.6 is 11.6 Å². The lowest BCUT2D eigenvalue weighted by Gasteiger charge is -2.24. The molecule has 0 aliphatic rings. The van der Waals surface area contributed by atoms with Gasteiger partial charge in [-0.05, 0) is 67.1 Å². The van der Waals surface area contributed by atoms with Crippen molar-refractivity contribution >= 4 is 34.9 Å². The molecule has 13 heteroatoms. The fourth-order valence-corrected chi connectivity index (χ4v) is 3.68. The van der Waals surface area contributed by atoms with Crippen molar-refractivity contribution in [2.24, 2.45) is 0 Å². The molecule has 3 aromatic rings. The van der Waals surface area contributed by atoms with E-state index in [1.54, 1.807) is 42.5 Å². The van der Waals surface area contributed by atoms with Crippen LogP contribution in [0, 0.1) is 0 Å². The van der Waals surface area contributed by atoms with E-state index in [0.29, 0.717) is 34.3 Å². The highest BCUT2D eigenvalue weighted by molar-refractivity contribution is 6.30. The lowest BCUT2D eigenvalue weighted by atomic mass is 10.0. The van der Waals surface area contributed by atoms with Gasteiger partial charge in [-0.1, -0.05) is 17.7 Å². The maximum Gasteiger partial charge on any atom is 0.416 e. The average Bonchev–Trinajstić information content (AvgIpc) is 2.87. The molecule has 0 aliphatic carbocycles. The van der Waals surface area contributed by atoms with Crippen molar-refractivity contribution in [3.8, 4) is 5.75 Å². The fourth-order valence-electron chi connectivity index (χ4n) is 3.49. The lowest BCUT2D eigenvalue weighted by Crippen LogP contribution is -2.37. The second-order valence-electron chi connectivity index (χ2n) is 8.19. The van der Waals surface area contributed by atoms with E-state index in [0.717, 1.165) is 0 Å². The molecule has 39 heavy (non-hydrogen) atoms. The minimum Gasteiger partial charge on any atom is -0.497 e. The van der Waals surface area contributed by atoms with Crippen LogP contribution in [-0.4, -0.2) is 32.1 Å². The zero-order valence-corrected chi connectivity index (χ0v) is 21.0. The van der Waals surface area contributed by atoms with Gasteiger partial charge in [0.25, 0.3) is 5.91 Å². The van der Waals surface area contributed by atoms with Crippen molar-refractivity contribution in [3.05, 3.63) is 88.4 Å². The van der Waals surface area contributed by atoms with Crippen LogP contribution in [0.15, 0.2) is 66.7 Å². The van der Waals surface area contributed by atoms with Gasteiger partial charge in [-0.15, -0.1) is 0 Å². The summed E-state index contributed by atoms with van der Waals surface area (Å²) in [4.78, 5) is 26.8. The van der Waals surface area contributed by atoms with Crippen LogP contribution in [0.4, 0.5) is 42.5 Å². The number of anilines is 2. The molecule has 0 saturated heterocycles. The van der Waals surface area contributed by atoms with Crippen molar-refractivity contribution in [2.45, 2.75) is 18.8 Å². The summed E-state index contributed by atoms with van der Waals surface area (Å²) in [6.07, 6.45) is -10.0. The molecule has 208 valence electrons. The van der Waals surface area contributed by atoms with E-state index in [9.17, 15) is 35.9 Å². The van der Waals surface area contributed by atoms with Crippen LogP contribution in [0.25, 0.3) is 0 Å². The summed E-state index contributed by atoms with van der Waals surface area (Å²) in [7, 11) is 1.48. The van der Waals surface area contributed by atoms with Gasteiger partial charge in [0.05, 0.1) is 18.2 Å². The molecule has 2 N–H and O–H groups in total. The number of rotatable bonds is 8. The molecule has 3 amide bonds. The number of urea groups is 1. The minimum atomic E-state index is -5.08. The Bertz CT molecular complexity index is 1280. The highest BCUT2D eigenvalue weighted by Gasteiger charge is 2.37. The normalized spacial score (nSPS) is 11.6. The first-order valence-corrected chi connectivity index (χ1v) is 11.7. The summed E-state index contributed by atoms with van der Waals surface area (Å²) in [5.74, 6) is -0.577. The van der Waals surface area contributed by atoms with E-state index in [1.807, 2.05) is 0 Å². The van der Waals surface area contributed by atoms with Crippen molar-refractivity contribution in [1.82, 2.24) is 5.32 Å². The number of methoxy groups -OCH3 is 1. The Morgan fingerprint density at radius 3 is 2.05 bits per heavy atom. The van der Waals surface area contributed by atoms with Crippen LogP contribution in [0.5, 0.6) is 5.75 Å². The lowest BCUT2D eigenvalue weighted by molar-refractivity contribution is -0.143. The third-order valence-corrected chi connectivity index (χ3v) is 5.63. The molecule has 0 saturated carbocycles. The van der Waals surface area contributed by atoms with Crippen LogP contribution < -0.4 is 20.3 Å². The number of nitrogens with zero attached hydrogens (tertiary/aromatic N) is 1. The van der Waals surface area contributed by atoms with E-state index in [4.69, 9.17) is 16.3 Å². The number of amides is 3. The smallest absolute Gasteiger partial charge is 0.416 e. The van der Waals surface area contributed by atoms with Crippen molar-refractivity contribution in [3.63, 3.8) is 0 Å². The zero-order valence-electron chi connectivity index (χ0n) is 20.3. The topological polar surface area (TPSA) is 70.7 Å². The summed E-state index contributed by atoms with van der Waals surface area (Å²) in [6.45, 7) is -0.108. The third-order valence-electron chi connectivity index (χ3n) is 5.40. The van der Waals surface area contributed by atoms with Crippen LogP contribution in [-0.2, 0) is 12.4 Å². The molecule has 0 fully saturated rings. The quantitative estimate of drug-likeness (QED) is 0.220. The Balaban J connectivity index is 1.72. The highest BCUT2D eigenvalue weighted by atomic mass is 35.5. The number of hydrogen-bond acceptors (Lipinski definition) is 3. The van der Waals surface area contributed by atoms with Gasteiger partial charge in [-0.25, -0.2) is 4.79 Å². The van der Waals surface area contributed by atoms with Crippen molar-refractivity contribution < 1.29 is 40.7 Å². The molecule has 0 aromatic heterocycles. The van der Waals surface area contributed by atoms with Crippen LogP contribution in [0.2, 0.25) is 5.02 Å². The summed E-state index contributed by atoms with van der Waals surface area (Å²) >= 11 is 5.97. The molecule has 0 aliphatic heterocycles. The van der Waals surface area contributed by atoms with Gasteiger partial charge in [0, 0.05) is 35.1 Å². The van der Waals surface area contributed by atoms with E-state index in [1.165, 1.54) is 18.1 Å². The molecule has 6 nitrogen and oxygen atoms in total. The SMILES string of the molecule is COc1ccc(N(CCCNC(=O)c2cc(C(F)(F)F)cc(C(F)(F)F)c2)C(=O)Nc2cccc(Cl)c2)cc1. The van der Waals surface area contributed by atoms with Gasteiger partial charge in [0.2, 0.25) is 0 Å². The van der Waals surface area contributed by atoms with Gasteiger partial charge in [-0.3, -0.25) is 9.69 Å². The van der Waals surface area contributed by atoms with E-state index in [2.05, 4.69) is 10.6 Å². The van der Waals surface area contributed by atoms with Crippen LogP contribution in [0.3, 0.4) is 0 Å². The molecule has 0 heterocycles. The third kappa shape index (κ3) is 8.28. The van der Waals surface area contributed by atoms with E-state index >= 15 is 0 Å². The molecule has 0 spiro atoms. The first kappa shape index (κ1) is 29.6. The predicted molar refractivity (Wildman–Crippen MR) is 134 cm³/mol. The molecular formula is C26H22ClF6N3O3. The number of benzene rings is 3. The second kappa shape index (κ2) is 12.3. The number of carbonyl (C=O) groups is 2. The van der Waals surface area contributed by atoms with Crippen LogP contribution in [0.1, 0.15) is 27.9 Å². The van der Waals surface area contributed by atoms with Gasteiger partial charge in [-0.2, -0.15) is 26.3 Å². The molecular weight excluding hydrogens is 552 g/mol. The van der Waals surface area contributed by atoms with Gasteiger partial charge in [0.15, 0.2) is 0 Å². The Morgan fingerprint density at radius 1 is 0.897 bits per heavy atom. The zero-order chi connectivity index (χ0) is 28.8. The molecule has 0 bridgehead atoms. The Kier molecular flexibility index (Phi) is 9.33. The number of nitrogens with one attached hydrogen (secondary N) is 2. The van der Waals surface area contributed by atoms with Gasteiger partial charge >= 0.3 is 18.4 Å². The molecule has 3 aromatic carbocycles. The highest BCUT2D eigenvalue weighted by Crippen LogP contribution is 2.36. The minimum absolute atomic E-state index is 0.0371. The standard InChI is InChI=1S/C26H22ClF6N3O3/c1-39-22-8-6-21(7-9-22)36(24(38)35-20-5-2-4-19(27)15-20)11-3-10-34-23(37)16-12-17(25(28,29)30)14-18(13-16)26(31,32)33/h2,4-9,12-15H,3,10-11H2,1H3,(H,34,37)(H,35,38). The number of carbonyl (C=O) groups excluding carboxylic acids is 2. The Morgan fingerprint density at radius 2 is 1.51 bits per heavy atom. The molecule has 0 unspecified atom stereocenters. The fraction of sp³-hybridized carbons (Fsp3) is 0.231. The largest absolute Gasteiger partial charge is 0.497 e. The molecule has 3 rings (SSSR count). The first-order chi connectivity index (χ1) is 18.3. The Hall–Kier alpha value is -3.93. The average molecular weight is 574 g/mol. The summed E-state index contributed by atoms with van der Waals surface area (Å²) in [5.41, 5.74) is -3.08. The maximum absolute atomic E-state index is 13.1. The van der Waals surface area contributed by atoms with E-state index in [-0.39, 0.29) is 25.6 Å². The summed E-state index contributed by atoms with van der Waals surface area (Å²) < 4.78 is 83.7. The van der Waals surface area contributed by atoms with Crippen molar-refractivity contribution in [2.75, 3.05) is 30.4 Å². The number of ether oxygens (including phenoxy) is 1. The summed E-state index contributed by atoms with van der Waals surface area (Å²) in [6, 6.07) is 13.0. The first-order valence-electron chi connectivity index (χ1n) is 11.3. The summed E-state index contributed by atoms with van der Waals surface area (Å²) in [5, 5.41) is 5.40. The number of halogens is 7. The predicted octanol–water partition coefficient (Wildman–Crippen LogP) is 7.24.